The Kier molecular flexibility index (Phi) is 7.59. The molecule has 3 rings (SSSR count). The zero-order valence-corrected chi connectivity index (χ0v) is 16.8. The number of allylic oxidation sites excluding steroid dienone is 2. The van der Waals surface area contributed by atoms with E-state index in [-0.39, 0.29) is 30.7 Å². The molecule has 0 amide bonds. The summed E-state index contributed by atoms with van der Waals surface area (Å²) < 4.78 is 49.1. The van der Waals surface area contributed by atoms with Crippen LogP contribution in [0.1, 0.15) is 37.7 Å². The number of aliphatic hydroxyl groups is 2. The maximum atomic E-state index is 12.8. The lowest BCUT2D eigenvalue weighted by atomic mass is 9.96. The molecule has 5 nitrogen and oxygen atoms in total. The number of ether oxygens (including phenoxy) is 2. The van der Waals surface area contributed by atoms with E-state index in [4.69, 9.17) is 9.47 Å². The number of carbonyl (C=O) groups excluding carboxylic acids is 1. The summed E-state index contributed by atoms with van der Waals surface area (Å²) in [5.41, 5.74) is 2.60. The van der Waals surface area contributed by atoms with E-state index in [0.29, 0.717) is 18.4 Å². The van der Waals surface area contributed by atoms with Gasteiger partial charge in [-0.2, -0.15) is 13.2 Å². The number of alkyl halides is 3. The maximum Gasteiger partial charge on any atom is 0.416 e. The van der Waals surface area contributed by atoms with Gasteiger partial charge in [-0.25, -0.2) is 0 Å². The van der Waals surface area contributed by atoms with Crippen molar-refractivity contribution in [3.05, 3.63) is 59.4 Å². The second-order valence-electron chi connectivity index (χ2n) is 7.66. The summed E-state index contributed by atoms with van der Waals surface area (Å²) in [4.78, 5) is 11.9. The van der Waals surface area contributed by atoms with Gasteiger partial charge in [0.05, 0.1) is 11.7 Å². The highest BCUT2D eigenvalue weighted by Crippen LogP contribution is 2.37. The van der Waals surface area contributed by atoms with Crippen LogP contribution >= 0.6 is 0 Å². The number of fused-ring (bicyclic) bond motifs is 1. The van der Waals surface area contributed by atoms with Gasteiger partial charge in [0.25, 0.3) is 0 Å². The van der Waals surface area contributed by atoms with E-state index in [1.807, 2.05) is 12.2 Å². The smallest absolute Gasteiger partial charge is 0.416 e. The number of rotatable bonds is 4. The van der Waals surface area contributed by atoms with Crippen LogP contribution in [0.2, 0.25) is 0 Å². The minimum absolute atomic E-state index is 0.0136. The Balaban J connectivity index is 1.68. The molecular formula is C23H25F3O5. The molecule has 168 valence electrons. The summed E-state index contributed by atoms with van der Waals surface area (Å²) >= 11 is 0. The van der Waals surface area contributed by atoms with E-state index >= 15 is 0 Å². The SMILES string of the molecule is O=C1CCC/C=C\C[C@@H]2C(=C=C[C@@H](O)COc3cccc(C(F)(F)F)c3)[C@H](O)C[C@@H]2O1. The molecular weight excluding hydrogens is 413 g/mol. The molecule has 1 aliphatic carbocycles. The molecule has 1 heterocycles. The second-order valence-corrected chi connectivity index (χ2v) is 7.66. The van der Waals surface area contributed by atoms with E-state index in [0.717, 1.165) is 25.0 Å². The average molecular weight is 438 g/mol. The maximum absolute atomic E-state index is 12.8. The molecule has 4 atom stereocenters. The fraction of sp³-hybridized carbons (Fsp3) is 0.478. The van der Waals surface area contributed by atoms with Gasteiger partial charge in [-0.05, 0) is 43.5 Å². The fourth-order valence-electron chi connectivity index (χ4n) is 3.71. The van der Waals surface area contributed by atoms with Crippen LogP contribution in [-0.2, 0) is 15.7 Å². The van der Waals surface area contributed by atoms with Gasteiger partial charge in [0.2, 0.25) is 0 Å². The number of hydrogen-bond acceptors (Lipinski definition) is 5. The Morgan fingerprint density at radius 1 is 1.32 bits per heavy atom. The third kappa shape index (κ3) is 6.47. The van der Waals surface area contributed by atoms with Gasteiger partial charge in [0.15, 0.2) is 0 Å². The van der Waals surface area contributed by atoms with Gasteiger partial charge in [-0.15, -0.1) is 5.73 Å². The number of esters is 1. The molecule has 1 aliphatic heterocycles. The lowest BCUT2D eigenvalue weighted by Gasteiger charge is -2.20. The highest BCUT2D eigenvalue weighted by molar-refractivity contribution is 5.69. The Morgan fingerprint density at radius 3 is 2.90 bits per heavy atom. The molecule has 8 heteroatoms. The topological polar surface area (TPSA) is 76.0 Å². The Hall–Kier alpha value is -2.54. The largest absolute Gasteiger partial charge is 0.491 e. The van der Waals surface area contributed by atoms with Crippen LogP contribution < -0.4 is 4.74 Å². The Morgan fingerprint density at radius 2 is 2.13 bits per heavy atom. The van der Waals surface area contributed by atoms with Gasteiger partial charge < -0.3 is 19.7 Å². The summed E-state index contributed by atoms with van der Waals surface area (Å²) in [5, 5.41) is 20.6. The number of benzene rings is 1. The highest BCUT2D eigenvalue weighted by Gasteiger charge is 2.39. The first-order chi connectivity index (χ1) is 14.7. The van der Waals surface area contributed by atoms with Gasteiger partial charge in [0, 0.05) is 24.3 Å². The van der Waals surface area contributed by atoms with E-state index in [9.17, 15) is 28.2 Å². The van der Waals surface area contributed by atoms with Gasteiger partial charge in [-0.1, -0.05) is 18.2 Å². The minimum Gasteiger partial charge on any atom is -0.491 e. The van der Waals surface area contributed by atoms with E-state index in [1.54, 1.807) is 0 Å². The summed E-state index contributed by atoms with van der Waals surface area (Å²) in [7, 11) is 0. The second kappa shape index (κ2) is 10.2. The standard InChI is InChI=1S/C23H25F3O5/c24-23(25,26)15-6-5-7-17(12-15)30-14-16(27)10-11-18-19-8-3-1-2-4-9-22(29)31-21(19)13-20(18)28/h1,3,5-7,10,12,16,19-21,27-28H,2,4,8-9,13-14H2/b3-1-/t11?,16-,19-,20-,21+/m1/s1. The van der Waals surface area contributed by atoms with Crippen LogP contribution in [0, 0.1) is 5.92 Å². The van der Waals surface area contributed by atoms with Gasteiger partial charge in [-0.3, -0.25) is 4.79 Å². The van der Waals surface area contributed by atoms with Crippen molar-refractivity contribution in [3.63, 3.8) is 0 Å². The number of aliphatic hydroxyl groups excluding tert-OH is 2. The Labute approximate surface area is 178 Å². The van der Waals surface area contributed by atoms with Crippen molar-refractivity contribution in [1.29, 1.82) is 0 Å². The normalized spacial score (nSPS) is 26.3. The molecule has 0 spiro atoms. The zero-order valence-electron chi connectivity index (χ0n) is 16.8. The first-order valence-corrected chi connectivity index (χ1v) is 10.2. The van der Waals surface area contributed by atoms with Gasteiger partial charge >= 0.3 is 12.1 Å². The number of halogens is 3. The van der Waals surface area contributed by atoms with Crippen LogP contribution in [0.4, 0.5) is 13.2 Å². The van der Waals surface area contributed by atoms with Crippen molar-refractivity contribution in [3.8, 4) is 5.75 Å². The third-order valence-corrected chi connectivity index (χ3v) is 5.28. The van der Waals surface area contributed by atoms with Crippen molar-refractivity contribution >= 4 is 5.97 Å². The van der Waals surface area contributed by atoms with E-state index in [2.05, 4.69) is 5.73 Å². The van der Waals surface area contributed by atoms with Gasteiger partial charge in [0.1, 0.15) is 24.6 Å². The fourth-order valence-corrected chi connectivity index (χ4v) is 3.71. The molecule has 1 aromatic rings. The summed E-state index contributed by atoms with van der Waals surface area (Å²) in [6, 6.07) is 4.40. The number of hydrogen-bond donors (Lipinski definition) is 2. The van der Waals surface area contributed by atoms with Crippen LogP contribution in [-0.4, -0.2) is 41.1 Å². The van der Waals surface area contributed by atoms with Crippen LogP contribution in [0.25, 0.3) is 0 Å². The molecule has 2 N–H and O–H groups in total. The molecule has 0 saturated heterocycles. The van der Waals surface area contributed by atoms with Crippen molar-refractivity contribution in [2.24, 2.45) is 5.92 Å². The zero-order chi connectivity index (χ0) is 22.4. The lowest BCUT2D eigenvalue weighted by Crippen LogP contribution is -2.23. The van der Waals surface area contributed by atoms with Crippen molar-refractivity contribution in [2.45, 2.75) is 56.6 Å². The molecule has 1 fully saturated rings. The summed E-state index contributed by atoms with van der Waals surface area (Å²) in [5.74, 6) is -0.557. The van der Waals surface area contributed by atoms with E-state index in [1.165, 1.54) is 18.2 Å². The summed E-state index contributed by atoms with van der Waals surface area (Å²) in [6.07, 6.45) is 0.998. The summed E-state index contributed by atoms with van der Waals surface area (Å²) in [6.45, 7) is -0.277. The molecule has 2 aliphatic rings. The molecule has 0 bridgehead atoms. The van der Waals surface area contributed by atoms with Crippen LogP contribution in [0.3, 0.4) is 0 Å². The Bertz CT molecular complexity index is 870. The van der Waals surface area contributed by atoms with E-state index < -0.39 is 30.1 Å². The molecule has 1 saturated carbocycles. The quantitative estimate of drug-likeness (QED) is 0.423. The minimum atomic E-state index is -4.48. The third-order valence-electron chi connectivity index (χ3n) is 5.28. The first-order valence-electron chi connectivity index (χ1n) is 10.2. The van der Waals surface area contributed by atoms with Crippen molar-refractivity contribution in [1.82, 2.24) is 0 Å². The van der Waals surface area contributed by atoms with Crippen molar-refractivity contribution < 1.29 is 37.7 Å². The highest BCUT2D eigenvalue weighted by atomic mass is 19.4. The predicted octanol–water partition coefficient (Wildman–Crippen LogP) is 3.95. The van der Waals surface area contributed by atoms with Crippen LogP contribution in [0.15, 0.2) is 53.8 Å². The molecule has 31 heavy (non-hydrogen) atoms. The average Bonchev–Trinajstić information content (AvgIpc) is 3.01. The molecule has 0 aromatic heterocycles. The van der Waals surface area contributed by atoms with Crippen LogP contribution in [0.5, 0.6) is 5.75 Å². The molecule has 0 radical (unpaired) electrons. The lowest BCUT2D eigenvalue weighted by molar-refractivity contribution is -0.150. The van der Waals surface area contributed by atoms with Crippen molar-refractivity contribution in [2.75, 3.05) is 6.61 Å². The first kappa shape index (κ1) is 23.1. The number of carbonyl (C=O) groups is 1. The molecule has 1 aromatic carbocycles. The molecule has 0 unspecified atom stereocenters. The predicted molar refractivity (Wildman–Crippen MR) is 106 cm³/mol. The monoisotopic (exact) mass is 438 g/mol.